The molecule has 0 bridgehead atoms. The van der Waals surface area contributed by atoms with Gasteiger partial charge in [0, 0.05) is 57.8 Å². The summed E-state index contributed by atoms with van der Waals surface area (Å²) in [6.07, 6.45) is -1.48. The number of nitrogens with one attached hydrogen (secondary N) is 1. The molecule has 0 spiro atoms. The molecule has 13 heteroatoms. The van der Waals surface area contributed by atoms with Crippen LogP contribution in [0.1, 0.15) is 6.42 Å². The van der Waals surface area contributed by atoms with Gasteiger partial charge in [-0.1, -0.05) is 11.6 Å². The molecule has 0 saturated carbocycles. The minimum atomic E-state index is -3.94. The first kappa shape index (κ1) is 22.3. The van der Waals surface area contributed by atoms with E-state index >= 15 is 0 Å². The van der Waals surface area contributed by atoms with Gasteiger partial charge in [-0.15, -0.1) is 11.6 Å². The number of nitrogens with zero attached hydrogens (tertiary/aromatic N) is 2. The minimum Gasteiger partial charge on any atom is -0.309 e. The number of amides is 3. The summed E-state index contributed by atoms with van der Waals surface area (Å²) in [5.74, 6) is -1.78. The number of carbonyl (C=O) groups is 2. The molecule has 7 nitrogen and oxygen atoms in total. The number of imide groups is 1. The van der Waals surface area contributed by atoms with Gasteiger partial charge in [-0.3, -0.25) is 9.52 Å². The summed E-state index contributed by atoms with van der Waals surface area (Å²) in [5, 5.41) is -1.05. The molecule has 2 saturated heterocycles. The van der Waals surface area contributed by atoms with Crippen LogP contribution in [0, 0.1) is 5.82 Å². The van der Waals surface area contributed by atoms with Crippen LogP contribution in [0.15, 0.2) is 12.1 Å². The molecule has 1 radical (unpaired) electrons. The van der Waals surface area contributed by atoms with E-state index in [1.54, 1.807) is 0 Å². The number of alkyl halides is 2. The van der Waals surface area contributed by atoms with E-state index in [4.69, 9.17) is 23.2 Å². The predicted octanol–water partition coefficient (Wildman–Crippen LogP) is 1.92. The summed E-state index contributed by atoms with van der Waals surface area (Å²) in [6, 6.07) is -0.180. The van der Waals surface area contributed by atoms with E-state index in [0.29, 0.717) is 4.90 Å². The van der Waals surface area contributed by atoms with Gasteiger partial charge >= 0.3 is 6.03 Å². The number of halogens is 4. The number of fused-ring (bicyclic) bond motifs is 1. The molecule has 2 atom stereocenters. The number of hydrogen-bond donors (Lipinski definition) is 1. The Morgan fingerprint density at radius 1 is 1.31 bits per heavy atom. The van der Waals surface area contributed by atoms with Crippen molar-refractivity contribution >= 4 is 108 Å². The molecule has 0 aromatic heterocycles. The van der Waals surface area contributed by atoms with E-state index < -0.39 is 50.9 Å². The summed E-state index contributed by atoms with van der Waals surface area (Å²) in [5.41, 5.74) is -0.716. The van der Waals surface area contributed by atoms with Gasteiger partial charge in [-0.05, 0) is 12.1 Å². The van der Waals surface area contributed by atoms with Crippen LogP contribution in [0.25, 0.3) is 0 Å². The van der Waals surface area contributed by atoms with Gasteiger partial charge in [0.2, 0.25) is 10.0 Å². The Hall–Kier alpha value is -0.0136. The molecule has 137 valence electrons. The second kappa shape index (κ2) is 8.15. The van der Waals surface area contributed by atoms with Gasteiger partial charge < -0.3 is 4.90 Å². The molecule has 1 aromatic carbocycles. The molecular weight excluding hydrogens is 442 g/mol. The first-order valence-electron chi connectivity index (χ1n) is 6.98. The Labute approximate surface area is 200 Å². The number of hydrogen-bond acceptors (Lipinski definition) is 4. The zero-order chi connectivity index (χ0) is 18.5. The predicted molar refractivity (Wildman–Crippen MR) is 93.3 cm³/mol. The number of benzene rings is 1. The Morgan fingerprint density at radius 3 is 2.54 bits per heavy atom. The second-order valence-corrected chi connectivity index (χ2v) is 8.28. The Bertz CT molecular complexity index is 849. The normalized spacial score (nSPS) is 22.5. The van der Waals surface area contributed by atoms with Crippen molar-refractivity contribution in [3.05, 3.63) is 23.0 Å². The van der Waals surface area contributed by atoms with Crippen LogP contribution in [0.3, 0.4) is 0 Å². The quantitative estimate of drug-likeness (QED) is 0.429. The summed E-state index contributed by atoms with van der Waals surface area (Å²) in [4.78, 5) is 26.3. The topological polar surface area (TPSA) is 86.8 Å². The van der Waals surface area contributed by atoms with Gasteiger partial charge in [0.25, 0.3) is 5.91 Å². The average Bonchev–Trinajstić information content (AvgIpc) is 3.01. The van der Waals surface area contributed by atoms with Crippen LogP contribution in [-0.2, 0) is 14.8 Å². The van der Waals surface area contributed by atoms with Crippen LogP contribution in [0.2, 0.25) is 5.02 Å². The van der Waals surface area contributed by atoms with E-state index in [-0.39, 0.29) is 75.1 Å². The smallest absolute Gasteiger partial charge is 0.309 e. The van der Waals surface area contributed by atoms with Crippen LogP contribution in [0.5, 0.6) is 0 Å². The van der Waals surface area contributed by atoms with E-state index in [0.717, 1.165) is 17.0 Å². The number of rotatable bonds is 4. The zero-order valence-electron chi connectivity index (χ0n) is 13.4. The minimum absolute atomic E-state index is 0. The Morgan fingerprint density at radius 2 is 1.96 bits per heavy atom. The second-order valence-electron chi connectivity index (χ2n) is 5.57. The number of sulfonamides is 1. The average molecular weight is 453 g/mol. The van der Waals surface area contributed by atoms with Gasteiger partial charge in [-0.2, -0.15) is 0 Å². The molecule has 26 heavy (non-hydrogen) atoms. The number of urea groups is 1. The third-order valence-electron chi connectivity index (χ3n) is 3.88. The first-order chi connectivity index (χ1) is 11.6. The molecule has 3 rings (SSSR count). The summed E-state index contributed by atoms with van der Waals surface area (Å²) in [6.45, 7) is -0.257. The summed E-state index contributed by atoms with van der Waals surface area (Å²) < 4.78 is 52.8. The van der Waals surface area contributed by atoms with Crippen molar-refractivity contribution in [3.63, 3.8) is 0 Å². The molecule has 2 aliphatic rings. The van der Waals surface area contributed by atoms with E-state index in [2.05, 4.69) is 0 Å². The van der Waals surface area contributed by atoms with Gasteiger partial charge in [0.05, 0.1) is 22.9 Å². The fourth-order valence-corrected chi connectivity index (χ4v) is 3.78. The molecule has 1 aromatic rings. The van der Waals surface area contributed by atoms with Crippen molar-refractivity contribution in [2.75, 3.05) is 21.4 Å². The molecule has 3 amide bonds. The van der Waals surface area contributed by atoms with Crippen LogP contribution < -0.4 is 9.62 Å². The van der Waals surface area contributed by atoms with Crippen LogP contribution in [-0.4, -0.2) is 101 Å². The van der Waals surface area contributed by atoms with Crippen LogP contribution in [0.4, 0.5) is 25.0 Å². The molecular formula is C13H11Cl2F2KN3O4S. The van der Waals surface area contributed by atoms with Gasteiger partial charge in [-0.25, -0.2) is 26.9 Å². The standard InChI is InChI=1S/C13H11Cl2F2N3O4S.K/c14-5-25(23,24)18-9-3-10(8(17)2-7(9)15)20-12(21)11-1-6(16)4-19(11)13(20)22;/h2-3,6,11,18H,1,4-5H2;. The number of anilines is 2. The van der Waals surface area contributed by atoms with Crippen molar-refractivity contribution in [2.45, 2.75) is 18.6 Å². The molecule has 1 N–H and O–H groups in total. The van der Waals surface area contributed by atoms with Crippen LogP contribution >= 0.6 is 23.2 Å². The molecule has 2 heterocycles. The van der Waals surface area contributed by atoms with Gasteiger partial charge in [0.1, 0.15) is 23.2 Å². The maximum Gasteiger partial charge on any atom is 0.332 e. The zero-order valence-corrected chi connectivity index (χ0v) is 18.8. The maximum atomic E-state index is 14.3. The first-order valence-corrected chi connectivity index (χ1v) is 9.55. The molecule has 2 aliphatic heterocycles. The molecule has 2 fully saturated rings. The third kappa shape index (κ3) is 4.04. The van der Waals surface area contributed by atoms with Crippen molar-refractivity contribution in [1.29, 1.82) is 0 Å². The molecule has 0 aliphatic carbocycles. The largest absolute Gasteiger partial charge is 0.332 e. The summed E-state index contributed by atoms with van der Waals surface area (Å²) >= 11 is 11.1. The Balaban J connectivity index is 0.00000243. The third-order valence-corrected chi connectivity index (χ3v) is 5.87. The van der Waals surface area contributed by atoms with Crippen molar-refractivity contribution in [2.24, 2.45) is 0 Å². The fourth-order valence-electron chi connectivity index (χ4n) is 2.81. The monoisotopic (exact) mass is 452 g/mol. The van der Waals surface area contributed by atoms with E-state index in [9.17, 15) is 26.8 Å². The fraction of sp³-hybridized carbons (Fsp3) is 0.385. The SMILES string of the molecule is O=C1C2CC(F)CN2C(=O)N1c1cc(NS(=O)(=O)CCl)c(Cl)cc1F.[K]. The molecule has 2 unspecified atom stereocenters. The summed E-state index contributed by atoms with van der Waals surface area (Å²) in [7, 11) is -3.94. The van der Waals surface area contributed by atoms with Gasteiger partial charge in [0.15, 0.2) is 0 Å². The Kier molecular flexibility index (Phi) is 6.99. The van der Waals surface area contributed by atoms with E-state index in [1.165, 1.54) is 0 Å². The van der Waals surface area contributed by atoms with Crippen molar-refractivity contribution in [3.8, 4) is 0 Å². The van der Waals surface area contributed by atoms with Crippen molar-refractivity contribution < 1.29 is 26.8 Å². The number of carbonyl (C=O) groups excluding carboxylic acids is 2. The van der Waals surface area contributed by atoms with E-state index in [1.807, 2.05) is 4.72 Å². The maximum absolute atomic E-state index is 14.3. The van der Waals surface area contributed by atoms with Crippen molar-refractivity contribution in [1.82, 2.24) is 4.90 Å².